The van der Waals surface area contributed by atoms with Crippen LogP contribution in [0.3, 0.4) is 0 Å². The first kappa shape index (κ1) is 22.0. The molecule has 5 heteroatoms. The van der Waals surface area contributed by atoms with E-state index in [-0.39, 0.29) is 5.91 Å². The summed E-state index contributed by atoms with van der Waals surface area (Å²) in [4.78, 5) is 17.7. The molecule has 1 saturated heterocycles. The number of para-hydroxylation sites is 1. The Balaban J connectivity index is 1.50. The largest absolute Gasteiger partial charge is 0.326 e. The molecule has 1 aromatic heterocycles. The molecule has 0 bridgehead atoms. The Morgan fingerprint density at radius 3 is 2.17 bits per heavy atom. The van der Waals surface area contributed by atoms with Crippen LogP contribution in [0.25, 0.3) is 0 Å². The Morgan fingerprint density at radius 1 is 1.00 bits per heavy atom. The normalized spacial score (nSPS) is 15.9. The Hall–Kier alpha value is -1.69. The summed E-state index contributed by atoms with van der Waals surface area (Å²) >= 11 is 1.76. The molecule has 0 unspecified atom stereocenters. The number of thiophene rings is 1. The predicted octanol–water partition coefficient (Wildman–Crippen LogP) is 5.14. The Kier molecular flexibility index (Phi) is 7.87. The number of hydrogen-bond donors (Lipinski definition) is 1. The molecule has 1 fully saturated rings. The van der Waals surface area contributed by atoms with Crippen LogP contribution in [0.4, 0.5) is 5.69 Å². The number of carbonyl (C=O) groups is 1. The third-order valence-corrected chi connectivity index (χ3v) is 6.48. The minimum absolute atomic E-state index is 0.126. The fourth-order valence-electron chi connectivity index (χ4n) is 3.97. The highest BCUT2D eigenvalue weighted by Crippen LogP contribution is 2.32. The molecule has 1 amide bonds. The van der Waals surface area contributed by atoms with E-state index in [4.69, 9.17) is 0 Å². The van der Waals surface area contributed by atoms with E-state index in [2.05, 4.69) is 77.8 Å². The van der Waals surface area contributed by atoms with Crippen LogP contribution >= 0.6 is 11.3 Å². The van der Waals surface area contributed by atoms with Crippen molar-refractivity contribution in [3.8, 4) is 0 Å². The summed E-state index contributed by atoms with van der Waals surface area (Å²) in [5.74, 6) is 0.904. The molecule has 1 aromatic carbocycles. The van der Waals surface area contributed by atoms with E-state index in [0.29, 0.717) is 18.3 Å². The molecule has 158 valence electrons. The van der Waals surface area contributed by atoms with Crippen LogP contribution in [0.1, 0.15) is 62.6 Å². The molecule has 29 heavy (non-hydrogen) atoms. The van der Waals surface area contributed by atoms with Gasteiger partial charge in [0.1, 0.15) is 0 Å². The Labute approximate surface area is 179 Å². The minimum Gasteiger partial charge on any atom is -0.326 e. The maximum Gasteiger partial charge on any atom is 0.225 e. The number of nitrogens with one attached hydrogen (secondary N) is 1. The summed E-state index contributed by atoms with van der Waals surface area (Å²) in [6.45, 7) is 14.8. The highest BCUT2D eigenvalue weighted by Gasteiger charge is 2.19. The minimum atomic E-state index is 0.126. The van der Waals surface area contributed by atoms with Crippen molar-refractivity contribution in [2.75, 3.05) is 38.0 Å². The van der Waals surface area contributed by atoms with Crippen LogP contribution in [-0.2, 0) is 11.3 Å². The number of benzene rings is 1. The summed E-state index contributed by atoms with van der Waals surface area (Å²) in [6.07, 6.45) is 0.550. The van der Waals surface area contributed by atoms with Crippen molar-refractivity contribution in [2.24, 2.45) is 0 Å². The van der Waals surface area contributed by atoms with Gasteiger partial charge in [0, 0.05) is 51.4 Å². The molecule has 1 N–H and O–H groups in total. The maximum atomic E-state index is 12.7. The number of rotatable bonds is 8. The third kappa shape index (κ3) is 6.14. The molecule has 4 nitrogen and oxygen atoms in total. The van der Waals surface area contributed by atoms with Gasteiger partial charge in [0.05, 0.1) is 0 Å². The van der Waals surface area contributed by atoms with Gasteiger partial charge in [-0.25, -0.2) is 0 Å². The zero-order valence-corrected chi connectivity index (χ0v) is 19.1. The lowest BCUT2D eigenvalue weighted by atomic mass is 9.92. The van der Waals surface area contributed by atoms with Crippen molar-refractivity contribution < 1.29 is 4.79 Å². The Bertz CT molecular complexity index is 751. The van der Waals surface area contributed by atoms with Crippen LogP contribution in [0.2, 0.25) is 0 Å². The average Bonchev–Trinajstić information content (AvgIpc) is 3.20. The highest BCUT2D eigenvalue weighted by atomic mass is 32.1. The van der Waals surface area contributed by atoms with E-state index in [1.54, 1.807) is 11.3 Å². The van der Waals surface area contributed by atoms with Gasteiger partial charge < -0.3 is 10.2 Å². The van der Waals surface area contributed by atoms with E-state index in [1.165, 1.54) is 16.7 Å². The summed E-state index contributed by atoms with van der Waals surface area (Å²) < 4.78 is 0. The van der Waals surface area contributed by atoms with Crippen molar-refractivity contribution in [1.82, 2.24) is 9.80 Å². The number of piperazine rings is 1. The van der Waals surface area contributed by atoms with Crippen LogP contribution in [0.15, 0.2) is 35.0 Å². The molecular formula is C24H35N3OS. The zero-order valence-electron chi connectivity index (χ0n) is 18.3. The third-order valence-electron chi connectivity index (χ3n) is 5.74. The molecule has 0 aliphatic carbocycles. The average molecular weight is 414 g/mol. The number of carbonyl (C=O) groups excluding carboxylic acids is 1. The Morgan fingerprint density at radius 2 is 1.62 bits per heavy atom. The first-order valence-corrected chi connectivity index (χ1v) is 11.8. The molecule has 0 saturated carbocycles. The van der Waals surface area contributed by atoms with Gasteiger partial charge in [-0.1, -0.05) is 45.9 Å². The predicted molar refractivity (Wildman–Crippen MR) is 124 cm³/mol. The molecular weight excluding hydrogens is 378 g/mol. The van der Waals surface area contributed by atoms with Crippen molar-refractivity contribution >= 4 is 22.9 Å². The van der Waals surface area contributed by atoms with Crippen molar-refractivity contribution in [3.63, 3.8) is 0 Å². The van der Waals surface area contributed by atoms with Crippen molar-refractivity contribution in [2.45, 2.75) is 52.5 Å². The molecule has 2 aromatic rings. The van der Waals surface area contributed by atoms with Crippen LogP contribution < -0.4 is 5.32 Å². The standard InChI is InChI=1S/C24H35N3OS/c1-18(2)21-6-5-7-22(19(3)4)24(21)25-23(28)8-10-26-11-13-27(14-12-26)16-20-9-15-29-17-20/h5-7,9,15,17-19H,8,10-14,16H2,1-4H3,(H,25,28). The van der Waals surface area contributed by atoms with Gasteiger partial charge in [0.25, 0.3) is 0 Å². The van der Waals surface area contributed by atoms with Crippen LogP contribution in [0, 0.1) is 0 Å². The van der Waals surface area contributed by atoms with Gasteiger partial charge in [-0.15, -0.1) is 0 Å². The lowest BCUT2D eigenvalue weighted by molar-refractivity contribution is -0.116. The molecule has 0 spiro atoms. The molecule has 1 aliphatic heterocycles. The number of hydrogen-bond acceptors (Lipinski definition) is 4. The van der Waals surface area contributed by atoms with E-state index < -0.39 is 0 Å². The summed E-state index contributed by atoms with van der Waals surface area (Å²) in [6, 6.07) is 8.59. The SMILES string of the molecule is CC(C)c1cccc(C(C)C)c1NC(=O)CCN1CCN(Cc2ccsc2)CC1. The zero-order chi connectivity index (χ0) is 20.8. The van der Waals surface area contributed by atoms with E-state index in [9.17, 15) is 4.79 Å². The smallest absolute Gasteiger partial charge is 0.225 e. The number of anilines is 1. The van der Waals surface area contributed by atoms with Gasteiger partial charge in [0.15, 0.2) is 0 Å². The first-order chi connectivity index (χ1) is 13.9. The molecule has 0 atom stereocenters. The molecule has 1 aliphatic rings. The molecule has 2 heterocycles. The number of amides is 1. The van der Waals surface area contributed by atoms with Crippen LogP contribution in [0.5, 0.6) is 0 Å². The molecule has 0 radical (unpaired) electrons. The fraction of sp³-hybridized carbons (Fsp3) is 0.542. The second-order valence-electron chi connectivity index (χ2n) is 8.67. The van der Waals surface area contributed by atoms with Gasteiger partial charge >= 0.3 is 0 Å². The lowest BCUT2D eigenvalue weighted by Gasteiger charge is -2.34. The van der Waals surface area contributed by atoms with Crippen LogP contribution in [-0.4, -0.2) is 48.4 Å². The monoisotopic (exact) mass is 413 g/mol. The topological polar surface area (TPSA) is 35.6 Å². The second kappa shape index (κ2) is 10.4. The van der Waals surface area contributed by atoms with Crippen molar-refractivity contribution in [3.05, 3.63) is 51.7 Å². The maximum absolute atomic E-state index is 12.7. The van der Waals surface area contributed by atoms with E-state index in [0.717, 1.165) is 45.0 Å². The summed E-state index contributed by atoms with van der Waals surface area (Å²) in [5, 5.41) is 7.62. The lowest BCUT2D eigenvalue weighted by Crippen LogP contribution is -2.46. The van der Waals surface area contributed by atoms with Gasteiger partial charge in [-0.05, 0) is 45.4 Å². The van der Waals surface area contributed by atoms with E-state index in [1.807, 2.05) is 0 Å². The second-order valence-corrected chi connectivity index (χ2v) is 9.45. The first-order valence-electron chi connectivity index (χ1n) is 10.8. The molecule has 3 rings (SSSR count). The summed E-state index contributed by atoms with van der Waals surface area (Å²) in [5.41, 5.74) is 4.90. The van der Waals surface area contributed by atoms with Crippen molar-refractivity contribution in [1.29, 1.82) is 0 Å². The fourth-order valence-corrected chi connectivity index (χ4v) is 4.63. The van der Waals surface area contributed by atoms with Gasteiger partial charge in [0.2, 0.25) is 5.91 Å². The summed E-state index contributed by atoms with van der Waals surface area (Å²) in [7, 11) is 0. The number of nitrogens with zero attached hydrogens (tertiary/aromatic N) is 2. The highest BCUT2D eigenvalue weighted by molar-refractivity contribution is 7.07. The van der Waals surface area contributed by atoms with Gasteiger partial charge in [-0.2, -0.15) is 11.3 Å². The van der Waals surface area contributed by atoms with Gasteiger partial charge in [-0.3, -0.25) is 9.69 Å². The quantitative estimate of drug-likeness (QED) is 0.651. The van der Waals surface area contributed by atoms with E-state index >= 15 is 0 Å².